The number of rotatable bonds is 2. The van der Waals surface area contributed by atoms with Crippen molar-refractivity contribution in [1.29, 1.82) is 0 Å². The normalized spacial score (nSPS) is 10.0. The average molecular weight is 168 g/mol. The van der Waals surface area contributed by atoms with Gasteiger partial charge in [0.2, 0.25) is 0 Å². The van der Waals surface area contributed by atoms with Gasteiger partial charge in [-0.3, -0.25) is 0 Å². The van der Waals surface area contributed by atoms with Crippen molar-refractivity contribution in [2.75, 3.05) is 0 Å². The summed E-state index contributed by atoms with van der Waals surface area (Å²) in [7, 11) is 2.52. The van der Waals surface area contributed by atoms with Crippen LogP contribution in [0.4, 0.5) is 0 Å². The van der Waals surface area contributed by atoms with Crippen molar-refractivity contribution in [3.05, 3.63) is 23.8 Å². The Morgan fingerprint density at radius 1 is 1.45 bits per heavy atom. The van der Waals surface area contributed by atoms with Crippen molar-refractivity contribution >= 4 is 14.5 Å². The second kappa shape index (κ2) is 3.73. The summed E-state index contributed by atoms with van der Waals surface area (Å²) in [5.41, 5.74) is 1.29. The van der Waals surface area contributed by atoms with Crippen molar-refractivity contribution in [3.63, 3.8) is 0 Å². The lowest BCUT2D eigenvalue weighted by molar-refractivity contribution is 0.479. The summed E-state index contributed by atoms with van der Waals surface area (Å²) in [5.74, 6) is 0.356. The van der Waals surface area contributed by atoms with E-state index in [4.69, 9.17) is 0 Å². The lowest BCUT2D eigenvalue weighted by Crippen LogP contribution is -1.94. The molecule has 0 aliphatic carbocycles. The second-order valence-electron chi connectivity index (χ2n) is 2.64. The van der Waals surface area contributed by atoms with Gasteiger partial charge in [-0.25, -0.2) is 0 Å². The molecule has 1 aromatic carbocycles. The number of hydrogen-bond donors (Lipinski definition) is 1. The van der Waals surface area contributed by atoms with Crippen molar-refractivity contribution in [2.24, 2.45) is 0 Å². The monoisotopic (exact) mass is 168 g/mol. The van der Waals surface area contributed by atoms with Crippen molar-refractivity contribution in [1.82, 2.24) is 0 Å². The van der Waals surface area contributed by atoms with Gasteiger partial charge in [-0.2, -0.15) is 0 Å². The Morgan fingerprint density at radius 3 is 2.73 bits per heavy atom. The first-order valence-electron chi connectivity index (χ1n) is 3.81. The van der Waals surface area contributed by atoms with E-state index in [1.54, 1.807) is 6.07 Å². The van der Waals surface area contributed by atoms with Crippen LogP contribution in [0.2, 0.25) is 0 Å². The minimum atomic E-state index is 0.356. The molecule has 0 fully saturated rings. The van der Waals surface area contributed by atoms with Gasteiger partial charge in [-0.15, -0.1) is 9.24 Å². The molecule has 1 aromatic rings. The van der Waals surface area contributed by atoms with E-state index in [1.165, 1.54) is 5.56 Å². The van der Waals surface area contributed by atoms with Crippen LogP contribution in [0.1, 0.15) is 18.9 Å². The highest BCUT2D eigenvalue weighted by molar-refractivity contribution is 7.27. The number of phenolic OH excluding ortho intramolecular Hbond substituents is 1. The molecule has 11 heavy (non-hydrogen) atoms. The Morgan fingerprint density at radius 2 is 2.18 bits per heavy atom. The molecule has 1 atom stereocenters. The van der Waals surface area contributed by atoms with Crippen LogP contribution >= 0.6 is 9.24 Å². The molecule has 1 N–H and O–H groups in total. The van der Waals surface area contributed by atoms with Crippen LogP contribution in [0.3, 0.4) is 0 Å². The molecule has 2 heteroatoms. The predicted molar refractivity (Wildman–Crippen MR) is 51.4 cm³/mol. The summed E-state index contributed by atoms with van der Waals surface area (Å²) >= 11 is 0. The van der Waals surface area contributed by atoms with Gasteiger partial charge in [0.05, 0.1) is 0 Å². The molecule has 1 rings (SSSR count). The molecule has 0 aromatic heterocycles. The summed E-state index contributed by atoms with van der Waals surface area (Å²) in [6.07, 6.45) is 2.23. The molecule has 60 valence electrons. The van der Waals surface area contributed by atoms with Gasteiger partial charge >= 0.3 is 0 Å². The zero-order chi connectivity index (χ0) is 8.27. The van der Waals surface area contributed by atoms with E-state index < -0.39 is 0 Å². The molecule has 0 amide bonds. The first kappa shape index (κ1) is 8.55. The van der Waals surface area contributed by atoms with Gasteiger partial charge in [-0.05, 0) is 24.1 Å². The van der Waals surface area contributed by atoms with E-state index in [2.05, 4.69) is 16.2 Å². The van der Waals surface area contributed by atoms with Crippen LogP contribution in [0.15, 0.2) is 18.2 Å². The topological polar surface area (TPSA) is 20.2 Å². The van der Waals surface area contributed by atoms with Gasteiger partial charge in [0.1, 0.15) is 5.75 Å². The van der Waals surface area contributed by atoms with E-state index in [1.807, 2.05) is 12.1 Å². The van der Waals surface area contributed by atoms with E-state index >= 15 is 0 Å². The number of aryl methyl sites for hydroxylation is 1. The third-order valence-corrected chi connectivity index (χ3v) is 2.09. The Balaban J connectivity index is 2.86. The highest BCUT2D eigenvalue weighted by Crippen LogP contribution is 2.11. The van der Waals surface area contributed by atoms with Gasteiger partial charge in [-0.1, -0.05) is 19.4 Å². The Labute approximate surface area is 69.7 Å². The summed E-state index contributed by atoms with van der Waals surface area (Å²) in [5, 5.41) is 10.1. The molecule has 0 heterocycles. The number of benzene rings is 1. The number of aromatic hydroxyl groups is 1. The Hall–Kier alpha value is -0.550. The second-order valence-corrected chi connectivity index (χ2v) is 3.27. The molecule has 0 spiro atoms. The highest BCUT2D eigenvalue weighted by atomic mass is 31.0. The fraction of sp³-hybridized carbons (Fsp3) is 0.333. The lowest BCUT2D eigenvalue weighted by Gasteiger charge is -2.01. The minimum absolute atomic E-state index is 0.356. The average Bonchev–Trinajstić information content (AvgIpc) is 1.98. The van der Waals surface area contributed by atoms with E-state index in [0.717, 1.165) is 18.1 Å². The van der Waals surface area contributed by atoms with Crippen LogP contribution < -0.4 is 5.30 Å². The maximum absolute atomic E-state index is 9.19. The third-order valence-electron chi connectivity index (χ3n) is 1.63. The summed E-state index contributed by atoms with van der Waals surface area (Å²) in [6, 6.07) is 5.71. The van der Waals surface area contributed by atoms with Crippen LogP contribution in [-0.4, -0.2) is 5.11 Å². The van der Waals surface area contributed by atoms with Crippen molar-refractivity contribution in [3.8, 4) is 5.75 Å². The standard InChI is InChI=1S/C9H13OP/c1-2-3-7-4-5-8(10)9(11)6-7/h4-6,10H,2-3,11H2,1H3. The molecule has 0 aliphatic heterocycles. The SMILES string of the molecule is CCCc1ccc(O)c(P)c1. The highest BCUT2D eigenvalue weighted by Gasteiger charge is 1.96. The largest absolute Gasteiger partial charge is 0.507 e. The zero-order valence-corrected chi connectivity index (χ0v) is 7.83. The predicted octanol–water partition coefficient (Wildman–Crippen LogP) is 1.85. The molecule has 0 saturated heterocycles. The Kier molecular flexibility index (Phi) is 2.90. The number of phenols is 1. The van der Waals surface area contributed by atoms with Crippen molar-refractivity contribution in [2.45, 2.75) is 19.8 Å². The summed E-state index contributed by atoms with van der Waals surface area (Å²) in [4.78, 5) is 0. The maximum atomic E-state index is 9.19. The molecule has 0 radical (unpaired) electrons. The molecule has 1 nitrogen and oxygen atoms in total. The maximum Gasteiger partial charge on any atom is 0.122 e. The Bertz CT molecular complexity index is 245. The van der Waals surface area contributed by atoms with E-state index in [9.17, 15) is 5.11 Å². The van der Waals surface area contributed by atoms with Gasteiger partial charge in [0.25, 0.3) is 0 Å². The zero-order valence-electron chi connectivity index (χ0n) is 6.67. The third kappa shape index (κ3) is 2.20. The van der Waals surface area contributed by atoms with E-state index in [-0.39, 0.29) is 0 Å². The minimum Gasteiger partial charge on any atom is -0.507 e. The molecule has 0 aliphatic rings. The molecule has 0 bridgehead atoms. The van der Waals surface area contributed by atoms with E-state index in [0.29, 0.717) is 5.75 Å². The fourth-order valence-corrected chi connectivity index (χ4v) is 1.36. The lowest BCUT2D eigenvalue weighted by atomic mass is 10.1. The smallest absolute Gasteiger partial charge is 0.122 e. The van der Waals surface area contributed by atoms with Crippen LogP contribution in [0, 0.1) is 0 Å². The molecular formula is C9H13OP. The van der Waals surface area contributed by atoms with Gasteiger partial charge in [0.15, 0.2) is 0 Å². The summed E-state index contributed by atoms with van der Waals surface area (Å²) in [6.45, 7) is 2.15. The first-order valence-corrected chi connectivity index (χ1v) is 4.39. The molecule has 1 unspecified atom stereocenters. The quantitative estimate of drug-likeness (QED) is 0.668. The first-order chi connectivity index (χ1) is 5.24. The van der Waals surface area contributed by atoms with Crippen LogP contribution in [0.5, 0.6) is 5.75 Å². The molecular weight excluding hydrogens is 155 g/mol. The number of hydrogen-bond acceptors (Lipinski definition) is 1. The van der Waals surface area contributed by atoms with Crippen molar-refractivity contribution < 1.29 is 5.11 Å². The van der Waals surface area contributed by atoms with Crippen LogP contribution in [-0.2, 0) is 6.42 Å². The summed E-state index contributed by atoms with van der Waals surface area (Å²) < 4.78 is 0. The van der Waals surface area contributed by atoms with Gasteiger partial charge < -0.3 is 5.11 Å². The van der Waals surface area contributed by atoms with Gasteiger partial charge in [0, 0.05) is 5.30 Å². The molecule has 0 saturated carbocycles. The van der Waals surface area contributed by atoms with Crippen LogP contribution in [0.25, 0.3) is 0 Å². The fourth-order valence-electron chi connectivity index (χ4n) is 1.05.